The van der Waals surface area contributed by atoms with Crippen LogP contribution in [0.3, 0.4) is 0 Å². The maximum absolute atomic E-state index is 15.1. The van der Waals surface area contributed by atoms with Crippen LogP contribution in [0.5, 0.6) is 0 Å². The fourth-order valence-electron chi connectivity index (χ4n) is 7.97. The molecule has 14 nitrogen and oxygen atoms in total. The predicted molar refractivity (Wildman–Crippen MR) is 277 cm³/mol. The van der Waals surface area contributed by atoms with Gasteiger partial charge in [0.05, 0.1) is 66.8 Å². The highest BCUT2D eigenvalue weighted by Gasteiger charge is 2.25. The molecule has 370 valence electrons. The van der Waals surface area contributed by atoms with Crippen molar-refractivity contribution < 1.29 is 33.6 Å². The van der Waals surface area contributed by atoms with Gasteiger partial charge < -0.3 is 39.9 Å². The van der Waals surface area contributed by atoms with Crippen LogP contribution < -0.4 is 15.1 Å². The topological polar surface area (TPSA) is 175 Å². The number of anilines is 2. The Hall–Kier alpha value is -5.38. The number of hydrogen-bond acceptors (Lipinski definition) is 16. The zero-order chi connectivity index (χ0) is 46.6. The number of aliphatic hydroxyl groups excluding tert-OH is 3. The number of aliphatic hydroxyl groups is 3. The molecule has 2 atom stereocenters. The number of hydrogen-bond donors (Lipinski definition) is 4. The van der Waals surface area contributed by atoms with Crippen molar-refractivity contribution >= 4 is 79.1 Å². The number of aromatic nitrogens is 6. The minimum atomic E-state index is -1.16. The molecule has 20 heteroatoms. The van der Waals surface area contributed by atoms with Gasteiger partial charge in [-0.15, -0.1) is 22.7 Å². The van der Waals surface area contributed by atoms with E-state index in [2.05, 4.69) is 45.0 Å². The van der Waals surface area contributed by atoms with E-state index in [1.165, 1.54) is 53.5 Å². The van der Waals surface area contributed by atoms with E-state index in [1.54, 1.807) is 11.4 Å². The molecule has 2 fully saturated rings. The molecular weight excluding hydrogens is 980 g/mol. The largest absolute Gasteiger partial charge is 0.390 e. The van der Waals surface area contributed by atoms with Crippen molar-refractivity contribution in [2.75, 3.05) is 69.5 Å². The van der Waals surface area contributed by atoms with Crippen molar-refractivity contribution in [1.29, 1.82) is 0 Å². The van der Waals surface area contributed by atoms with Gasteiger partial charge in [0.2, 0.25) is 0 Å². The van der Waals surface area contributed by atoms with E-state index in [0.717, 1.165) is 43.2 Å². The third-order valence-corrected chi connectivity index (χ3v) is 13.9. The van der Waals surface area contributed by atoms with E-state index in [-0.39, 0.29) is 50.1 Å². The smallest absolute Gasteiger partial charge is 0.134 e. The van der Waals surface area contributed by atoms with Crippen molar-refractivity contribution in [2.24, 2.45) is 0 Å². The zero-order valence-electron chi connectivity index (χ0n) is 35.9. The van der Waals surface area contributed by atoms with Gasteiger partial charge in [-0.3, -0.25) is 0 Å². The monoisotopic (exact) mass is 1030 g/mol. The van der Waals surface area contributed by atoms with E-state index < -0.39 is 23.8 Å². The Morgan fingerprint density at radius 1 is 0.643 bits per heavy atom. The lowest BCUT2D eigenvalue weighted by molar-refractivity contribution is 0.122. The lowest BCUT2D eigenvalue weighted by Crippen LogP contribution is -2.36. The first kappa shape index (κ1) is 54.0. The average molecular weight is 1040 g/mol. The van der Waals surface area contributed by atoms with E-state index >= 15 is 8.78 Å². The molecule has 0 aliphatic carbocycles. The average Bonchev–Trinajstić information content (AvgIpc) is 4.05. The summed E-state index contributed by atoms with van der Waals surface area (Å²) >= 11 is 15.1. The predicted octanol–water partition coefficient (Wildman–Crippen LogP) is 10.0. The van der Waals surface area contributed by atoms with Gasteiger partial charge >= 0.3 is 0 Å². The van der Waals surface area contributed by atoms with Gasteiger partial charge in [-0.1, -0.05) is 45.5 Å². The van der Waals surface area contributed by atoms with Crippen molar-refractivity contribution in [3.8, 4) is 22.5 Å². The Balaban J connectivity index is 0.000000220. The van der Waals surface area contributed by atoms with Crippen LogP contribution in [0.15, 0.2) is 84.1 Å². The van der Waals surface area contributed by atoms with Crippen LogP contribution in [0.2, 0.25) is 10.0 Å². The third-order valence-electron chi connectivity index (χ3n) is 11.4. The molecule has 0 amide bonds. The van der Waals surface area contributed by atoms with Gasteiger partial charge in [0.15, 0.2) is 0 Å². The fraction of sp³-hybridized carbons (Fsp3) is 0.320. The Labute approximate surface area is 423 Å². The summed E-state index contributed by atoms with van der Waals surface area (Å²) in [6, 6.07) is 17.1. The van der Waals surface area contributed by atoms with Crippen LogP contribution in [-0.2, 0) is 22.6 Å². The first-order valence-electron chi connectivity index (χ1n) is 21.2. The van der Waals surface area contributed by atoms with E-state index in [0.29, 0.717) is 93.0 Å². The number of morpholine rings is 2. The Kier molecular flexibility index (Phi) is 18.6. The molecule has 4 N–H and O–H groups in total. The van der Waals surface area contributed by atoms with E-state index in [1.807, 2.05) is 48.8 Å². The summed E-state index contributed by atoms with van der Waals surface area (Å²) in [5.74, 6) is -1.07. The zero-order valence-corrected chi connectivity index (χ0v) is 39.0. The van der Waals surface area contributed by atoms with Crippen molar-refractivity contribution in [3.05, 3.63) is 138 Å². The Morgan fingerprint density at radius 2 is 1.07 bits per heavy atom. The number of nitrogens with one attached hydrogen (secondary N) is 1. The van der Waals surface area contributed by atoms with E-state index in [9.17, 15) is 15.3 Å². The lowest BCUT2D eigenvalue weighted by Gasteiger charge is -2.29. The second-order valence-electron chi connectivity index (χ2n) is 15.6. The van der Waals surface area contributed by atoms with Crippen molar-refractivity contribution in [3.63, 3.8) is 0 Å². The first-order valence-corrected chi connectivity index (χ1v) is 23.8. The molecule has 0 bridgehead atoms. The summed E-state index contributed by atoms with van der Waals surface area (Å²) in [7, 11) is 1.83. The highest BCUT2D eigenvalue weighted by atomic mass is 35.5. The number of nitrogens with zero attached hydrogens (tertiary/aromatic N) is 8. The molecule has 10 rings (SSSR count). The van der Waals surface area contributed by atoms with Crippen molar-refractivity contribution in [1.82, 2.24) is 35.2 Å². The molecule has 0 saturated carbocycles. The maximum Gasteiger partial charge on any atom is 0.134 e. The Bertz CT molecular complexity index is 3050. The van der Waals surface area contributed by atoms with E-state index in [4.69, 9.17) is 32.7 Å². The molecule has 70 heavy (non-hydrogen) atoms. The van der Waals surface area contributed by atoms with Gasteiger partial charge in [-0.2, -0.15) is 0 Å². The van der Waals surface area contributed by atoms with Gasteiger partial charge in [0, 0.05) is 97.9 Å². The van der Waals surface area contributed by atoms with Gasteiger partial charge in [-0.25, -0.2) is 38.7 Å². The number of halogens is 4. The minimum Gasteiger partial charge on any atom is -0.390 e. The summed E-state index contributed by atoms with van der Waals surface area (Å²) in [5.41, 5.74) is 6.71. The molecule has 2 unspecified atom stereocenters. The van der Waals surface area contributed by atoms with Crippen LogP contribution in [0.4, 0.5) is 20.2 Å². The lowest BCUT2D eigenvalue weighted by atomic mass is 10.0. The molecular formula is C50H55Cl2F2N9O5S2. The summed E-state index contributed by atoms with van der Waals surface area (Å²) in [6.07, 6.45) is 0.585. The maximum atomic E-state index is 15.1. The molecule has 4 aromatic heterocycles. The van der Waals surface area contributed by atoms with Gasteiger partial charge in [0.25, 0.3) is 0 Å². The highest BCUT2D eigenvalue weighted by molar-refractivity contribution is 7.10. The minimum absolute atomic E-state index is 0. The van der Waals surface area contributed by atoms with Crippen LogP contribution in [-0.4, -0.2) is 105 Å². The quantitative estimate of drug-likeness (QED) is 0.0963. The summed E-state index contributed by atoms with van der Waals surface area (Å²) < 4.78 is 41.0. The van der Waals surface area contributed by atoms with Crippen LogP contribution >= 0.6 is 45.9 Å². The molecule has 2 saturated heterocycles. The SMILES string of the molecule is C.C.C.CNCc1csc(C(O)c2cc(-c3ncnc4cc(N5CCOCC5)ccc34)c(F)cc2Cl)n1.OCc1csc(C(O)c2cc(-c3ncnc4cc(N5CCOCC5)ccc34)c(F)cc2Cl)n1. The van der Waals surface area contributed by atoms with Crippen LogP contribution in [0, 0.1) is 11.6 Å². The number of ether oxygens (including phenoxy) is 2. The number of benzene rings is 4. The molecule has 6 heterocycles. The van der Waals surface area contributed by atoms with Crippen LogP contribution in [0.1, 0.15) is 67.0 Å². The molecule has 8 aromatic rings. The summed E-state index contributed by atoms with van der Waals surface area (Å²) in [4.78, 5) is 30.6. The molecule has 4 aromatic carbocycles. The van der Waals surface area contributed by atoms with Crippen LogP contribution in [0.25, 0.3) is 44.3 Å². The van der Waals surface area contributed by atoms with Crippen molar-refractivity contribution in [2.45, 2.75) is 47.6 Å². The second kappa shape index (κ2) is 24.2. The van der Waals surface area contributed by atoms with Gasteiger partial charge in [-0.05, 0) is 67.7 Å². The first-order chi connectivity index (χ1) is 32.6. The standard InChI is InChI=1S/C24H23ClFN5O2S.C23H20ClFN4O3S.3CH4/c1-27-11-14-12-34-24(30-14)23(32)17-9-18(20(26)10-19(17)25)22-16-3-2-15(8-21(16)28-13-29-22)31-4-6-33-7-5-31;24-18-9-19(25)17(8-16(18)22(31)23-28-13(10-30)11-33-23)21-15-2-1-14(7-20(15)26-12-27-21)29-3-5-32-6-4-29;;;/h2-3,8-10,12-13,23,27,32H,4-7,11H2,1H3;1-2,7-9,11-12,22,30-31H,3-6,10H2;3*1H4. The number of fused-ring (bicyclic) bond motifs is 2. The number of thiazole rings is 2. The third kappa shape index (κ3) is 11.5. The second-order valence-corrected chi connectivity index (χ2v) is 18.2. The normalized spacial score (nSPS) is 14.5. The molecule has 0 spiro atoms. The molecule has 0 radical (unpaired) electrons. The Morgan fingerprint density at radius 3 is 1.49 bits per heavy atom. The molecule has 2 aliphatic rings. The fourth-order valence-corrected chi connectivity index (χ4v) is 10.1. The summed E-state index contributed by atoms with van der Waals surface area (Å²) in [5, 5.41) is 40.1. The highest BCUT2D eigenvalue weighted by Crippen LogP contribution is 2.39. The summed E-state index contributed by atoms with van der Waals surface area (Å²) in [6.45, 7) is 6.28. The van der Waals surface area contributed by atoms with Gasteiger partial charge in [0.1, 0.15) is 46.5 Å². The number of rotatable bonds is 11. The molecule has 2 aliphatic heterocycles.